The number of Topliss-reactive ketones (excluding diaryl/α,β-unsaturated/α-hetero) is 1. The van der Waals surface area contributed by atoms with E-state index in [0.717, 1.165) is 51.7 Å². The van der Waals surface area contributed by atoms with Crippen molar-refractivity contribution in [1.29, 1.82) is 0 Å². The number of nitrogens with zero attached hydrogens (tertiary/aromatic N) is 2. The van der Waals surface area contributed by atoms with Gasteiger partial charge in [0.25, 0.3) is 11.7 Å². The smallest absolute Gasteiger partial charge is 0.296 e. The number of aliphatic hydroxyl groups is 1. The quantitative estimate of drug-likeness (QED) is 0.297. The number of rotatable bonds is 5. The van der Waals surface area contributed by atoms with Crippen LogP contribution >= 0.6 is 0 Å². The topological polar surface area (TPSA) is 74.0 Å². The molecule has 3 aromatic rings. The predicted octanol–water partition coefficient (Wildman–Crippen LogP) is 5.24. The summed E-state index contributed by atoms with van der Waals surface area (Å²) in [4.78, 5) is 30.9. The zero-order valence-electron chi connectivity index (χ0n) is 20.9. The van der Waals surface area contributed by atoms with Crippen molar-refractivity contribution in [2.75, 3.05) is 13.1 Å². The van der Waals surface area contributed by atoms with E-state index >= 15 is 0 Å². The Kier molecular flexibility index (Phi) is 6.43. The van der Waals surface area contributed by atoms with Crippen molar-refractivity contribution in [3.05, 3.63) is 101 Å². The molecule has 1 amide bonds. The SMILES string of the molecule is O=C1C(=O)N(C2CCN(Cc3ccccc3)CC2)C(c2ccco2)/C1=C(/O)c1ccc2c(c1)CCCC2. The van der Waals surface area contributed by atoms with E-state index in [1.54, 1.807) is 23.3 Å². The van der Waals surface area contributed by atoms with Crippen LogP contribution < -0.4 is 0 Å². The molecule has 0 radical (unpaired) electrons. The third-order valence-corrected chi connectivity index (χ3v) is 8.11. The van der Waals surface area contributed by atoms with Gasteiger partial charge >= 0.3 is 0 Å². The largest absolute Gasteiger partial charge is 0.507 e. The van der Waals surface area contributed by atoms with Crippen LogP contribution in [0, 0.1) is 0 Å². The number of benzene rings is 2. The number of amides is 1. The molecule has 190 valence electrons. The highest BCUT2D eigenvalue weighted by atomic mass is 16.3. The van der Waals surface area contributed by atoms with Crippen molar-refractivity contribution >= 4 is 17.4 Å². The van der Waals surface area contributed by atoms with E-state index in [1.165, 1.54) is 23.1 Å². The summed E-state index contributed by atoms with van der Waals surface area (Å²) in [5, 5.41) is 11.4. The molecule has 1 atom stereocenters. The monoisotopic (exact) mass is 496 g/mol. The van der Waals surface area contributed by atoms with Gasteiger partial charge in [0.1, 0.15) is 17.6 Å². The van der Waals surface area contributed by atoms with Crippen LogP contribution in [0.4, 0.5) is 0 Å². The summed E-state index contributed by atoms with van der Waals surface area (Å²) in [6, 6.07) is 19.0. The highest BCUT2D eigenvalue weighted by Gasteiger charge is 2.50. The first-order valence-electron chi connectivity index (χ1n) is 13.3. The average Bonchev–Trinajstić information content (AvgIpc) is 3.56. The molecule has 2 aliphatic heterocycles. The number of aliphatic hydroxyl groups excluding tert-OH is 1. The lowest BCUT2D eigenvalue weighted by atomic mass is 9.89. The first-order chi connectivity index (χ1) is 18.1. The van der Waals surface area contributed by atoms with Gasteiger partial charge in [-0.15, -0.1) is 0 Å². The number of furan rings is 1. The summed E-state index contributed by atoms with van der Waals surface area (Å²) >= 11 is 0. The van der Waals surface area contributed by atoms with E-state index < -0.39 is 17.7 Å². The Morgan fingerprint density at radius 3 is 2.41 bits per heavy atom. The van der Waals surface area contributed by atoms with Crippen LogP contribution in [0.25, 0.3) is 5.76 Å². The lowest BCUT2D eigenvalue weighted by Gasteiger charge is -2.38. The van der Waals surface area contributed by atoms with Gasteiger partial charge in [-0.25, -0.2) is 0 Å². The molecule has 6 heteroatoms. The van der Waals surface area contributed by atoms with Crippen LogP contribution in [0.1, 0.15) is 59.7 Å². The van der Waals surface area contributed by atoms with Crippen molar-refractivity contribution < 1.29 is 19.1 Å². The number of ketones is 1. The van der Waals surface area contributed by atoms with Gasteiger partial charge in [-0.05, 0) is 73.4 Å². The summed E-state index contributed by atoms with van der Waals surface area (Å²) in [6.07, 6.45) is 7.37. The van der Waals surface area contributed by atoms with Crippen molar-refractivity contribution in [1.82, 2.24) is 9.80 Å². The minimum atomic E-state index is -0.725. The number of aryl methyl sites for hydroxylation is 2. The number of hydrogen-bond acceptors (Lipinski definition) is 5. The molecule has 1 aliphatic carbocycles. The molecule has 37 heavy (non-hydrogen) atoms. The van der Waals surface area contributed by atoms with Gasteiger partial charge in [0.2, 0.25) is 0 Å². The third-order valence-electron chi connectivity index (χ3n) is 8.11. The van der Waals surface area contributed by atoms with Crippen LogP contribution in [0.3, 0.4) is 0 Å². The number of likely N-dealkylation sites (tertiary alicyclic amines) is 2. The normalized spacial score (nSPS) is 22.4. The minimum Gasteiger partial charge on any atom is -0.507 e. The molecule has 3 heterocycles. The van der Waals surface area contributed by atoms with Gasteiger partial charge in [-0.2, -0.15) is 0 Å². The number of piperidine rings is 1. The molecule has 0 spiro atoms. The third kappa shape index (κ3) is 4.51. The standard InChI is InChI=1S/C31H32N2O4/c34-29(24-13-12-22-9-4-5-10-23(22)19-24)27-28(26-11-6-18-37-26)33(31(36)30(27)35)25-14-16-32(17-15-25)20-21-7-2-1-3-8-21/h1-3,6-8,11-13,18-19,25,28,34H,4-5,9-10,14-17,20H2/b29-27-. The molecule has 1 aromatic heterocycles. The fourth-order valence-electron chi connectivity index (χ4n) is 6.19. The first kappa shape index (κ1) is 23.7. The molecular formula is C31H32N2O4. The second kappa shape index (κ2) is 10.0. The molecular weight excluding hydrogens is 464 g/mol. The van der Waals surface area contributed by atoms with E-state index in [-0.39, 0.29) is 17.4 Å². The summed E-state index contributed by atoms with van der Waals surface area (Å²) in [5.74, 6) is -0.798. The molecule has 2 aromatic carbocycles. The summed E-state index contributed by atoms with van der Waals surface area (Å²) in [6.45, 7) is 2.53. The Labute approximate surface area is 217 Å². The number of carbonyl (C=O) groups excluding carboxylic acids is 2. The maximum absolute atomic E-state index is 13.4. The molecule has 2 fully saturated rings. The molecule has 6 rings (SSSR count). The Morgan fingerprint density at radius 1 is 0.919 bits per heavy atom. The van der Waals surface area contributed by atoms with Crippen molar-refractivity contribution in [2.45, 2.75) is 57.2 Å². The Balaban J connectivity index is 1.30. The van der Waals surface area contributed by atoms with Crippen LogP contribution in [-0.4, -0.2) is 45.7 Å². The van der Waals surface area contributed by atoms with E-state index in [0.29, 0.717) is 11.3 Å². The van der Waals surface area contributed by atoms with Crippen molar-refractivity contribution in [2.24, 2.45) is 0 Å². The Hall–Kier alpha value is -3.64. The molecule has 0 saturated carbocycles. The molecule has 2 saturated heterocycles. The van der Waals surface area contributed by atoms with Crippen molar-refractivity contribution in [3.8, 4) is 0 Å². The van der Waals surface area contributed by atoms with Crippen LogP contribution in [0.5, 0.6) is 0 Å². The van der Waals surface area contributed by atoms with Gasteiger partial charge in [-0.3, -0.25) is 14.5 Å². The fourth-order valence-corrected chi connectivity index (χ4v) is 6.19. The second-order valence-corrected chi connectivity index (χ2v) is 10.4. The van der Waals surface area contributed by atoms with E-state index in [9.17, 15) is 14.7 Å². The summed E-state index contributed by atoms with van der Waals surface area (Å²) in [5.41, 5.74) is 4.50. The van der Waals surface area contributed by atoms with E-state index in [2.05, 4.69) is 17.0 Å². The number of hydrogen-bond donors (Lipinski definition) is 1. The van der Waals surface area contributed by atoms with Gasteiger partial charge in [0.15, 0.2) is 0 Å². The van der Waals surface area contributed by atoms with Gasteiger partial charge in [0.05, 0.1) is 11.8 Å². The zero-order chi connectivity index (χ0) is 25.4. The molecule has 0 bridgehead atoms. The number of carbonyl (C=O) groups is 2. The average molecular weight is 497 g/mol. The summed E-state index contributed by atoms with van der Waals surface area (Å²) < 4.78 is 5.74. The van der Waals surface area contributed by atoms with E-state index in [1.807, 2.05) is 36.4 Å². The predicted molar refractivity (Wildman–Crippen MR) is 141 cm³/mol. The maximum Gasteiger partial charge on any atom is 0.296 e. The Morgan fingerprint density at radius 2 is 1.68 bits per heavy atom. The highest BCUT2D eigenvalue weighted by Crippen LogP contribution is 2.42. The lowest BCUT2D eigenvalue weighted by molar-refractivity contribution is -0.142. The molecule has 1 N–H and O–H groups in total. The minimum absolute atomic E-state index is 0.104. The van der Waals surface area contributed by atoms with Gasteiger partial charge < -0.3 is 14.4 Å². The van der Waals surface area contributed by atoms with Crippen LogP contribution in [0.2, 0.25) is 0 Å². The summed E-state index contributed by atoms with van der Waals surface area (Å²) in [7, 11) is 0. The molecule has 1 unspecified atom stereocenters. The zero-order valence-corrected chi connectivity index (χ0v) is 20.9. The van der Waals surface area contributed by atoms with Crippen LogP contribution in [0.15, 0.2) is 76.9 Å². The molecule has 6 nitrogen and oxygen atoms in total. The number of fused-ring (bicyclic) bond motifs is 1. The first-order valence-corrected chi connectivity index (χ1v) is 13.3. The Bertz CT molecular complexity index is 1320. The maximum atomic E-state index is 13.4. The highest BCUT2D eigenvalue weighted by molar-refractivity contribution is 6.46. The van der Waals surface area contributed by atoms with Crippen molar-refractivity contribution in [3.63, 3.8) is 0 Å². The van der Waals surface area contributed by atoms with E-state index in [4.69, 9.17) is 4.42 Å². The second-order valence-electron chi connectivity index (χ2n) is 10.4. The van der Waals surface area contributed by atoms with Gasteiger partial charge in [0, 0.05) is 31.2 Å². The fraction of sp³-hybridized carbons (Fsp3) is 0.355. The van der Waals surface area contributed by atoms with Crippen LogP contribution in [-0.2, 0) is 29.0 Å². The molecule has 3 aliphatic rings. The lowest BCUT2D eigenvalue weighted by Crippen LogP contribution is -2.46. The van der Waals surface area contributed by atoms with Gasteiger partial charge in [-0.1, -0.05) is 42.5 Å².